The molecule has 1 N–H and O–H groups in total. The van der Waals surface area contributed by atoms with Crippen molar-refractivity contribution < 1.29 is 14.3 Å². The van der Waals surface area contributed by atoms with E-state index < -0.39 is 0 Å². The third-order valence-electron chi connectivity index (χ3n) is 5.31. The summed E-state index contributed by atoms with van der Waals surface area (Å²) >= 11 is 0. The smallest absolute Gasteiger partial charge is 0.226 e. The number of carbonyl (C=O) groups excluding carboxylic acids is 2. The summed E-state index contributed by atoms with van der Waals surface area (Å²) < 4.78 is 5.24. The number of hydrogen-bond donors (Lipinski definition) is 1. The molecule has 0 aromatic heterocycles. The molecule has 0 unspecified atom stereocenters. The minimum absolute atomic E-state index is 0.0450. The largest absolute Gasteiger partial charge is 0.384 e. The van der Waals surface area contributed by atoms with Crippen LogP contribution in [0.1, 0.15) is 18.4 Å². The zero-order chi connectivity index (χ0) is 16.3. The van der Waals surface area contributed by atoms with Crippen molar-refractivity contribution in [2.24, 2.45) is 11.3 Å². The second-order valence-corrected chi connectivity index (χ2v) is 6.63. The summed E-state index contributed by atoms with van der Waals surface area (Å²) in [5, 5.41) is 2.98. The van der Waals surface area contributed by atoms with Crippen molar-refractivity contribution in [1.29, 1.82) is 0 Å². The van der Waals surface area contributed by atoms with Crippen LogP contribution in [0, 0.1) is 11.3 Å². The van der Waals surface area contributed by atoms with Gasteiger partial charge in [0.2, 0.25) is 11.8 Å². The molecule has 1 atom stereocenters. The van der Waals surface area contributed by atoms with E-state index in [2.05, 4.69) is 5.32 Å². The fourth-order valence-electron chi connectivity index (χ4n) is 3.82. The van der Waals surface area contributed by atoms with E-state index in [4.69, 9.17) is 4.74 Å². The number of hydrogen-bond acceptors (Lipinski definition) is 3. The summed E-state index contributed by atoms with van der Waals surface area (Å²) in [5.41, 5.74) is 1.00. The number of methoxy groups -OCH3 is 1. The molecule has 2 amide bonds. The predicted octanol–water partition coefficient (Wildman–Crippen LogP) is 1.23. The Morgan fingerprint density at radius 3 is 2.65 bits per heavy atom. The van der Waals surface area contributed by atoms with Crippen LogP contribution in [0.2, 0.25) is 0 Å². The van der Waals surface area contributed by atoms with Crippen molar-refractivity contribution in [2.75, 3.05) is 33.4 Å². The van der Waals surface area contributed by atoms with E-state index in [1.54, 1.807) is 7.11 Å². The Morgan fingerprint density at radius 2 is 2.00 bits per heavy atom. The van der Waals surface area contributed by atoms with E-state index in [0.717, 1.165) is 31.5 Å². The summed E-state index contributed by atoms with van der Waals surface area (Å²) in [5.74, 6) is 0.182. The second-order valence-electron chi connectivity index (χ2n) is 6.63. The highest BCUT2D eigenvalue weighted by molar-refractivity contribution is 5.82. The van der Waals surface area contributed by atoms with Gasteiger partial charge in [-0.2, -0.15) is 0 Å². The molecule has 3 rings (SSSR count). The third kappa shape index (κ3) is 3.24. The van der Waals surface area contributed by atoms with E-state index >= 15 is 0 Å². The maximum Gasteiger partial charge on any atom is 0.226 e. The van der Waals surface area contributed by atoms with Crippen molar-refractivity contribution in [2.45, 2.75) is 19.3 Å². The maximum atomic E-state index is 12.5. The standard InChI is InChI=1S/C18H24N2O3/c1-23-12-15-17(22)19-13-18(15)7-9-20(10-8-18)16(21)11-14-5-3-2-4-6-14/h2-6,15H,7-13H2,1H3,(H,19,22)/t15-/m1/s1. The highest BCUT2D eigenvalue weighted by Gasteiger charge is 2.49. The van der Waals surface area contributed by atoms with Crippen LogP contribution >= 0.6 is 0 Å². The van der Waals surface area contributed by atoms with Crippen LogP contribution < -0.4 is 5.32 Å². The van der Waals surface area contributed by atoms with E-state index in [-0.39, 0.29) is 23.1 Å². The average Bonchev–Trinajstić information content (AvgIpc) is 2.86. The van der Waals surface area contributed by atoms with Gasteiger partial charge in [-0.3, -0.25) is 9.59 Å². The zero-order valence-electron chi connectivity index (χ0n) is 13.6. The number of amides is 2. The molecule has 2 fully saturated rings. The summed E-state index contributed by atoms with van der Waals surface area (Å²) in [6.07, 6.45) is 2.17. The first-order valence-electron chi connectivity index (χ1n) is 8.23. The molecule has 2 saturated heterocycles. The van der Waals surface area contributed by atoms with Crippen LogP contribution in [0.25, 0.3) is 0 Å². The van der Waals surface area contributed by atoms with Crippen molar-refractivity contribution >= 4 is 11.8 Å². The minimum atomic E-state index is -0.0844. The molecule has 0 saturated carbocycles. The molecule has 2 aliphatic heterocycles. The summed E-state index contributed by atoms with van der Waals surface area (Å²) in [6, 6.07) is 9.84. The third-order valence-corrected chi connectivity index (χ3v) is 5.31. The van der Waals surface area contributed by atoms with Crippen molar-refractivity contribution in [3.8, 4) is 0 Å². The maximum absolute atomic E-state index is 12.5. The molecule has 5 nitrogen and oxygen atoms in total. The molecule has 0 aliphatic carbocycles. The summed E-state index contributed by atoms with van der Waals surface area (Å²) in [6.45, 7) is 2.62. The van der Waals surface area contributed by atoms with Gasteiger partial charge in [0.05, 0.1) is 18.9 Å². The fourth-order valence-corrected chi connectivity index (χ4v) is 3.82. The lowest BCUT2D eigenvalue weighted by atomic mass is 9.71. The van der Waals surface area contributed by atoms with E-state index in [0.29, 0.717) is 19.6 Å². The predicted molar refractivity (Wildman–Crippen MR) is 86.8 cm³/mol. The van der Waals surface area contributed by atoms with Gasteiger partial charge >= 0.3 is 0 Å². The van der Waals surface area contributed by atoms with Gasteiger partial charge in [-0.1, -0.05) is 30.3 Å². The number of nitrogens with one attached hydrogen (secondary N) is 1. The van der Waals surface area contributed by atoms with Gasteiger partial charge in [-0.25, -0.2) is 0 Å². The van der Waals surface area contributed by atoms with E-state index in [1.165, 1.54) is 0 Å². The highest BCUT2D eigenvalue weighted by atomic mass is 16.5. The van der Waals surface area contributed by atoms with Crippen LogP contribution in [0.4, 0.5) is 0 Å². The number of piperidine rings is 1. The molecule has 0 bridgehead atoms. The molecule has 1 aromatic rings. The number of carbonyl (C=O) groups is 2. The molecule has 1 spiro atoms. The van der Waals surface area contributed by atoms with E-state index in [9.17, 15) is 9.59 Å². The molecule has 23 heavy (non-hydrogen) atoms. The van der Waals surface area contributed by atoms with Crippen LogP contribution in [0.15, 0.2) is 30.3 Å². The number of rotatable bonds is 4. The lowest BCUT2D eigenvalue weighted by Gasteiger charge is -2.41. The van der Waals surface area contributed by atoms with Crippen LogP contribution in [-0.4, -0.2) is 50.1 Å². The number of nitrogens with zero attached hydrogens (tertiary/aromatic N) is 1. The Morgan fingerprint density at radius 1 is 1.30 bits per heavy atom. The average molecular weight is 316 g/mol. The Hall–Kier alpha value is -1.88. The Bertz CT molecular complexity index is 565. The second kappa shape index (κ2) is 6.71. The van der Waals surface area contributed by atoms with Gasteiger partial charge < -0.3 is 15.0 Å². The van der Waals surface area contributed by atoms with Crippen LogP contribution in [-0.2, 0) is 20.7 Å². The summed E-state index contributed by atoms with van der Waals surface area (Å²) in [7, 11) is 1.64. The first-order valence-corrected chi connectivity index (χ1v) is 8.23. The van der Waals surface area contributed by atoms with Gasteiger partial charge in [0.15, 0.2) is 0 Å². The first-order chi connectivity index (χ1) is 11.1. The van der Waals surface area contributed by atoms with Gasteiger partial charge in [-0.15, -0.1) is 0 Å². The first kappa shape index (κ1) is 16.0. The van der Waals surface area contributed by atoms with Gasteiger partial charge in [0, 0.05) is 32.2 Å². The van der Waals surface area contributed by atoms with Crippen molar-refractivity contribution in [1.82, 2.24) is 10.2 Å². The SMILES string of the molecule is COC[C@@H]1C(=O)NCC12CCN(C(=O)Cc1ccccc1)CC2. The highest BCUT2D eigenvalue weighted by Crippen LogP contribution is 2.42. The van der Waals surface area contributed by atoms with Crippen LogP contribution in [0.5, 0.6) is 0 Å². The normalized spacial score (nSPS) is 23.1. The lowest BCUT2D eigenvalue weighted by molar-refractivity contribution is -0.134. The van der Waals surface area contributed by atoms with Gasteiger partial charge in [0.1, 0.15) is 0 Å². The fraction of sp³-hybridized carbons (Fsp3) is 0.556. The Kier molecular flexibility index (Phi) is 4.66. The monoisotopic (exact) mass is 316 g/mol. The lowest BCUT2D eigenvalue weighted by Crippen LogP contribution is -2.47. The van der Waals surface area contributed by atoms with Gasteiger partial charge in [-0.05, 0) is 18.4 Å². The van der Waals surface area contributed by atoms with Crippen LogP contribution in [0.3, 0.4) is 0 Å². The summed E-state index contributed by atoms with van der Waals surface area (Å²) in [4.78, 5) is 26.4. The number of likely N-dealkylation sites (tertiary alicyclic amines) is 1. The Balaban J connectivity index is 1.60. The molecule has 2 aliphatic rings. The van der Waals surface area contributed by atoms with E-state index in [1.807, 2.05) is 35.2 Å². The van der Waals surface area contributed by atoms with Gasteiger partial charge in [0.25, 0.3) is 0 Å². The van der Waals surface area contributed by atoms with Crippen molar-refractivity contribution in [3.63, 3.8) is 0 Å². The molecular weight excluding hydrogens is 292 g/mol. The quantitative estimate of drug-likeness (QED) is 0.909. The molecule has 124 valence electrons. The molecule has 2 heterocycles. The number of benzene rings is 1. The molecule has 5 heteroatoms. The minimum Gasteiger partial charge on any atom is -0.384 e. The molecular formula is C18H24N2O3. The van der Waals surface area contributed by atoms with Crippen molar-refractivity contribution in [3.05, 3.63) is 35.9 Å². The zero-order valence-corrected chi connectivity index (χ0v) is 13.6. The topological polar surface area (TPSA) is 58.6 Å². The number of ether oxygens (including phenoxy) is 1. The Labute approximate surface area is 137 Å². The molecule has 0 radical (unpaired) electrons. The molecule has 1 aromatic carbocycles.